The third-order valence-corrected chi connectivity index (χ3v) is 10.4. The summed E-state index contributed by atoms with van der Waals surface area (Å²) in [6.07, 6.45) is 2.83. The number of hydrogen-bond donors (Lipinski definition) is 4. The van der Waals surface area contributed by atoms with Crippen LogP contribution in [0.3, 0.4) is 0 Å². The molecule has 9 nitrogen and oxygen atoms in total. The van der Waals surface area contributed by atoms with Gasteiger partial charge < -0.3 is 30.1 Å². The number of benzene rings is 1. The molecular weight excluding hydrogens is 478 g/mol. The van der Waals surface area contributed by atoms with Gasteiger partial charge in [0, 0.05) is 29.4 Å². The zero-order valence-corrected chi connectivity index (χ0v) is 21.9. The minimum Gasteiger partial charge on any atom is -0.508 e. The number of nitrogens with zero attached hydrogens (tertiary/aromatic N) is 1. The van der Waals surface area contributed by atoms with Crippen LogP contribution in [-0.4, -0.2) is 60.9 Å². The fourth-order valence-corrected chi connectivity index (χ4v) is 8.22. The van der Waals surface area contributed by atoms with Crippen molar-refractivity contribution in [3.8, 4) is 11.5 Å². The van der Waals surface area contributed by atoms with Gasteiger partial charge in [-0.2, -0.15) is 0 Å². The Bertz CT molecular complexity index is 1180. The first-order chi connectivity index (χ1) is 17.2. The summed E-state index contributed by atoms with van der Waals surface area (Å²) in [5, 5.41) is 40.8. The van der Waals surface area contributed by atoms with E-state index in [0.29, 0.717) is 29.7 Å². The highest BCUT2D eigenvalue weighted by Crippen LogP contribution is 2.67. The molecule has 1 aromatic rings. The van der Waals surface area contributed by atoms with Crippen molar-refractivity contribution < 1.29 is 39.5 Å². The normalized spacial score (nSPS) is 34.5. The van der Waals surface area contributed by atoms with Crippen LogP contribution in [0.4, 0.5) is 0 Å². The number of aliphatic hydroxyl groups excluding tert-OH is 1. The smallest absolute Gasteiger partial charge is 0.326 e. The molecule has 5 rings (SSSR count). The van der Waals surface area contributed by atoms with Gasteiger partial charge >= 0.3 is 11.9 Å². The van der Waals surface area contributed by atoms with E-state index in [0.717, 1.165) is 19.3 Å². The molecule has 37 heavy (non-hydrogen) atoms. The number of carbonyl (C=O) groups is 3. The van der Waals surface area contributed by atoms with Crippen molar-refractivity contribution >= 4 is 17.8 Å². The Balaban J connectivity index is 1.55. The first-order valence-corrected chi connectivity index (χ1v) is 13.2. The zero-order valence-electron chi connectivity index (χ0n) is 21.9. The van der Waals surface area contributed by atoms with E-state index in [1.54, 1.807) is 0 Å². The van der Waals surface area contributed by atoms with Crippen molar-refractivity contribution in [2.45, 2.75) is 96.9 Å². The topological polar surface area (TPSA) is 145 Å². The molecule has 1 amide bonds. The number of aliphatic carboxylic acids is 2. The molecule has 0 radical (unpaired) electrons. The maximum absolute atomic E-state index is 13.3. The lowest BCUT2D eigenvalue weighted by molar-refractivity contribution is -0.210. The summed E-state index contributed by atoms with van der Waals surface area (Å²) < 4.78 is 6.95. The Morgan fingerprint density at radius 3 is 2.51 bits per heavy atom. The minimum atomic E-state index is -1.29. The fraction of sp³-hybridized carbons (Fsp3) is 0.679. The van der Waals surface area contributed by atoms with Gasteiger partial charge in [-0.25, -0.2) is 4.79 Å². The van der Waals surface area contributed by atoms with Crippen LogP contribution in [0, 0.1) is 22.7 Å². The van der Waals surface area contributed by atoms with E-state index in [9.17, 15) is 29.7 Å². The van der Waals surface area contributed by atoms with E-state index >= 15 is 0 Å². The SMILES string of the molecule is C[C@H]1CC[C@@H]2C(C)(C)[C@H](O)CC[C@]2(C)[C@@]12Cc1c(O)cc3c(c1O2)CN([C@@H](CCC(=O)O)C(=O)O)C3=O. The Hall–Kier alpha value is -2.81. The van der Waals surface area contributed by atoms with E-state index in [-0.39, 0.29) is 53.4 Å². The maximum atomic E-state index is 13.3. The molecule has 0 unspecified atom stereocenters. The van der Waals surface area contributed by atoms with Gasteiger partial charge in [-0.3, -0.25) is 9.59 Å². The molecule has 0 bridgehead atoms. The zero-order chi connectivity index (χ0) is 27.1. The number of amides is 1. The van der Waals surface area contributed by atoms with Crippen LogP contribution < -0.4 is 4.74 Å². The van der Waals surface area contributed by atoms with Crippen LogP contribution >= 0.6 is 0 Å². The van der Waals surface area contributed by atoms with E-state index in [4.69, 9.17) is 9.84 Å². The summed E-state index contributed by atoms with van der Waals surface area (Å²) in [7, 11) is 0. The van der Waals surface area contributed by atoms with Gasteiger partial charge in [-0.15, -0.1) is 0 Å². The largest absolute Gasteiger partial charge is 0.508 e. The molecule has 1 aromatic carbocycles. The lowest BCUT2D eigenvalue weighted by Crippen LogP contribution is -2.66. The van der Waals surface area contributed by atoms with Crippen molar-refractivity contribution in [1.29, 1.82) is 0 Å². The predicted octanol–water partition coefficient (Wildman–Crippen LogP) is 3.57. The van der Waals surface area contributed by atoms with Crippen LogP contribution in [0.1, 0.15) is 87.7 Å². The van der Waals surface area contributed by atoms with Gasteiger partial charge in [-0.1, -0.05) is 27.7 Å². The number of hydrogen-bond acceptors (Lipinski definition) is 6. The van der Waals surface area contributed by atoms with E-state index in [1.165, 1.54) is 11.0 Å². The maximum Gasteiger partial charge on any atom is 0.326 e. The molecule has 2 aliphatic carbocycles. The minimum absolute atomic E-state index is 0.0117. The van der Waals surface area contributed by atoms with Gasteiger partial charge in [0.05, 0.1) is 18.2 Å². The summed E-state index contributed by atoms with van der Waals surface area (Å²) in [6.45, 7) is 8.66. The molecule has 0 aromatic heterocycles. The second-order valence-corrected chi connectivity index (χ2v) is 12.4. The van der Waals surface area contributed by atoms with Crippen LogP contribution in [0.5, 0.6) is 11.5 Å². The number of phenols is 1. The Labute approximate surface area is 216 Å². The number of carboxylic acid groups (broad SMARTS) is 2. The van der Waals surface area contributed by atoms with Crippen LogP contribution in [0.25, 0.3) is 0 Å². The third-order valence-electron chi connectivity index (χ3n) is 10.4. The molecular formula is C28H37NO8. The molecule has 0 saturated heterocycles. The molecule has 4 aliphatic rings. The lowest BCUT2D eigenvalue weighted by Gasteiger charge is -2.64. The number of phenolic OH excluding ortho intramolecular Hbond substituents is 1. The van der Waals surface area contributed by atoms with Crippen molar-refractivity contribution in [3.05, 3.63) is 22.8 Å². The first-order valence-electron chi connectivity index (χ1n) is 13.2. The second kappa shape index (κ2) is 8.35. The van der Waals surface area contributed by atoms with Crippen molar-refractivity contribution in [2.75, 3.05) is 0 Å². The number of aromatic hydroxyl groups is 1. The van der Waals surface area contributed by atoms with Crippen LogP contribution in [0.15, 0.2) is 6.07 Å². The Kier molecular flexibility index (Phi) is 5.83. The van der Waals surface area contributed by atoms with Gasteiger partial charge in [0.25, 0.3) is 5.91 Å². The molecule has 2 saturated carbocycles. The highest BCUT2D eigenvalue weighted by Gasteiger charge is 2.67. The lowest BCUT2D eigenvalue weighted by atomic mass is 9.43. The number of ether oxygens (including phenoxy) is 1. The van der Waals surface area contributed by atoms with Crippen molar-refractivity contribution in [2.24, 2.45) is 22.7 Å². The molecule has 2 fully saturated rings. The monoisotopic (exact) mass is 515 g/mol. The average molecular weight is 516 g/mol. The molecule has 6 atom stereocenters. The first kappa shape index (κ1) is 25.8. The van der Waals surface area contributed by atoms with Gasteiger partial charge in [-0.05, 0) is 55.4 Å². The number of carbonyl (C=O) groups excluding carboxylic acids is 1. The molecule has 202 valence electrons. The molecule has 9 heteroatoms. The van der Waals surface area contributed by atoms with Gasteiger partial charge in [0.15, 0.2) is 0 Å². The number of carboxylic acids is 2. The standard InChI is InChI=1S/C28H37NO8/c1-14-5-7-20-26(2,3)21(31)9-10-27(20,4)28(14)12-16-19(30)11-15-17(23(16)37-28)13-29(24(15)34)18(25(35)36)6-8-22(32)33/h11,14,18,20-21,30-31H,5-10,12-13H2,1-4H3,(H,32,33)(H,35,36)/t14-,18-,20+,21+,27-,28+/m0/s1. The second-order valence-electron chi connectivity index (χ2n) is 12.4. The van der Waals surface area contributed by atoms with E-state index in [1.807, 2.05) is 0 Å². The summed E-state index contributed by atoms with van der Waals surface area (Å²) in [5.74, 6) is -2.14. The highest BCUT2D eigenvalue weighted by molar-refractivity contribution is 6.02. The van der Waals surface area contributed by atoms with Crippen LogP contribution in [0.2, 0.25) is 0 Å². The van der Waals surface area contributed by atoms with E-state index < -0.39 is 35.6 Å². The van der Waals surface area contributed by atoms with Crippen molar-refractivity contribution in [3.63, 3.8) is 0 Å². The molecule has 2 aliphatic heterocycles. The predicted molar refractivity (Wildman–Crippen MR) is 132 cm³/mol. The van der Waals surface area contributed by atoms with Crippen LogP contribution in [-0.2, 0) is 22.6 Å². The van der Waals surface area contributed by atoms with Gasteiger partial charge in [0.2, 0.25) is 0 Å². The summed E-state index contributed by atoms with van der Waals surface area (Å²) >= 11 is 0. The average Bonchev–Trinajstić information content (AvgIpc) is 3.36. The number of rotatable bonds is 5. The molecule has 1 spiro atoms. The molecule has 4 N–H and O–H groups in total. The van der Waals surface area contributed by atoms with Gasteiger partial charge in [0.1, 0.15) is 23.1 Å². The van der Waals surface area contributed by atoms with E-state index in [2.05, 4.69) is 27.7 Å². The molecule has 2 heterocycles. The summed E-state index contributed by atoms with van der Waals surface area (Å²) in [4.78, 5) is 37.6. The Morgan fingerprint density at radius 2 is 1.86 bits per heavy atom. The number of fused-ring (bicyclic) bond motifs is 5. The summed E-state index contributed by atoms with van der Waals surface area (Å²) in [6, 6.07) is 0.122. The quantitative estimate of drug-likeness (QED) is 0.466. The fourth-order valence-electron chi connectivity index (χ4n) is 8.22. The van der Waals surface area contributed by atoms with Crippen molar-refractivity contribution in [1.82, 2.24) is 4.90 Å². The summed E-state index contributed by atoms with van der Waals surface area (Å²) in [5.41, 5.74) is 0.202. The Morgan fingerprint density at radius 1 is 1.16 bits per heavy atom. The third kappa shape index (κ3) is 3.49. The number of aliphatic hydroxyl groups is 1. The highest BCUT2D eigenvalue weighted by atomic mass is 16.5.